The number of nitrogens with one attached hydrogen (secondary N) is 1. The minimum atomic E-state index is 0.484. The van der Waals surface area contributed by atoms with Gasteiger partial charge in [-0.2, -0.15) is 0 Å². The summed E-state index contributed by atoms with van der Waals surface area (Å²) in [5, 5.41) is 5.97. The number of thiophene rings is 1. The van der Waals surface area contributed by atoms with Crippen molar-refractivity contribution in [2.75, 3.05) is 19.6 Å². The van der Waals surface area contributed by atoms with Crippen LogP contribution in [0.15, 0.2) is 35.7 Å². The second-order valence-corrected chi connectivity index (χ2v) is 7.18. The molecular weight excluding hydrogens is 276 g/mol. The molecular formula is C18H22N2S. The molecule has 0 saturated heterocycles. The number of nitrogens with zero attached hydrogens (tertiary/aromatic N) is 1. The first-order valence-corrected chi connectivity index (χ1v) is 8.82. The van der Waals surface area contributed by atoms with E-state index < -0.39 is 0 Å². The molecule has 1 aromatic carbocycles. The molecule has 2 aliphatic heterocycles. The van der Waals surface area contributed by atoms with Gasteiger partial charge in [0.25, 0.3) is 0 Å². The molecule has 2 unspecified atom stereocenters. The van der Waals surface area contributed by atoms with E-state index >= 15 is 0 Å². The Kier molecular flexibility index (Phi) is 3.57. The fourth-order valence-corrected chi connectivity index (χ4v) is 4.76. The Labute approximate surface area is 130 Å². The van der Waals surface area contributed by atoms with Crippen LogP contribution in [0.4, 0.5) is 0 Å². The van der Waals surface area contributed by atoms with Gasteiger partial charge in [0.05, 0.1) is 0 Å². The Balaban J connectivity index is 1.55. The first kappa shape index (κ1) is 13.5. The summed E-state index contributed by atoms with van der Waals surface area (Å²) in [6.07, 6.45) is 2.38. The highest BCUT2D eigenvalue weighted by molar-refractivity contribution is 7.10. The minimum absolute atomic E-state index is 0.484. The Bertz CT molecular complexity index is 634. The highest BCUT2D eigenvalue weighted by Crippen LogP contribution is 2.34. The quantitative estimate of drug-likeness (QED) is 0.912. The van der Waals surface area contributed by atoms with Crippen LogP contribution in [0.1, 0.15) is 40.6 Å². The summed E-state index contributed by atoms with van der Waals surface area (Å²) in [6, 6.07) is 12.3. The number of rotatable bonds is 2. The molecule has 0 fully saturated rings. The van der Waals surface area contributed by atoms with Gasteiger partial charge in [0, 0.05) is 30.1 Å². The van der Waals surface area contributed by atoms with Crippen LogP contribution in [0.3, 0.4) is 0 Å². The van der Waals surface area contributed by atoms with E-state index in [9.17, 15) is 0 Å². The first-order valence-electron chi connectivity index (χ1n) is 7.94. The van der Waals surface area contributed by atoms with Crippen molar-refractivity contribution in [3.05, 3.63) is 57.3 Å². The number of fused-ring (bicyclic) bond motifs is 2. The van der Waals surface area contributed by atoms with Gasteiger partial charge in [-0.1, -0.05) is 24.3 Å². The van der Waals surface area contributed by atoms with Crippen molar-refractivity contribution in [3.8, 4) is 0 Å². The minimum Gasteiger partial charge on any atom is -0.309 e. The van der Waals surface area contributed by atoms with E-state index in [0.717, 1.165) is 19.5 Å². The third-order valence-electron chi connectivity index (χ3n) is 5.04. The van der Waals surface area contributed by atoms with E-state index in [1.807, 2.05) is 11.3 Å². The van der Waals surface area contributed by atoms with Gasteiger partial charge in [-0.15, -0.1) is 11.3 Å². The topological polar surface area (TPSA) is 15.3 Å². The maximum Gasteiger partial charge on any atom is 0.0452 e. The van der Waals surface area contributed by atoms with Crippen LogP contribution in [0.5, 0.6) is 0 Å². The molecule has 4 rings (SSSR count). The lowest BCUT2D eigenvalue weighted by molar-refractivity contribution is 0.176. The van der Waals surface area contributed by atoms with Gasteiger partial charge in [-0.05, 0) is 54.4 Å². The number of hydrogen-bond donors (Lipinski definition) is 1. The molecule has 2 aliphatic rings. The Morgan fingerprint density at radius 1 is 1.19 bits per heavy atom. The van der Waals surface area contributed by atoms with Gasteiger partial charge in [0.2, 0.25) is 0 Å². The van der Waals surface area contributed by atoms with Gasteiger partial charge in [0.1, 0.15) is 0 Å². The summed E-state index contributed by atoms with van der Waals surface area (Å²) in [4.78, 5) is 4.24. The van der Waals surface area contributed by atoms with Gasteiger partial charge in [-0.3, -0.25) is 4.90 Å². The molecule has 0 bridgehead atoms. The molecule has 2 atom stereocenters. The second kappa shape index (κ2) is 5.56. The van der Waals surface area contributed by atoms with Crippen LogP contribution in [0, 0.1) is 0 Å². The lowest BCUT2D eigenvalue weighted by atomic mass is 9.92. The predicted octanol–water partition coefficient (Wildman–Crippen LogP) is 3.55. The van der Waals surface area contributed by atoms with Gasteiger partial charge in [0.15, 0.2) is 0 Å². The van der Waals surface area contributed by atoms with Gasteiger partial charge >= 0.3 is 0 Å². The summed E-state index contributed by atoms with van der Waals surface area (Å²) in [7, 11) is 0. The summed E-state index contributed by atoms with van der Waals surface area (Å²) >= 11 is 1.92. The fraction of sp³-hybridized carbons (Fsp3) is 0.444. The molecule has 0 aliphatic carbocycles. The van der Waals surface area contributed by atoms with E-state index in [1.165, 1.54) is 24.1 Å². The molecule has 2 aromatic rings. The average molecular weight is 298 g/mol. The van der Waals surface area contributed by atoms with Crippen LogP contribution in [-0.4, -0.2) is 24.5 Å². The monoisotopic (exact) mass is 298 g/mol. The van der Waals surface area contributed by atoms with Crippen molar-refractivity contribution in [1.29, 1.82) is 0 Å². The van der Waals surface area contributed by atoms with Crippen molar-refractivity contribution >= 4 is 11.3 Å². The molecule has 110 valence electrons. The van der Waals surface area contributed by atoms with E-state index in [4.69, 9.17) is 0 Å². The van der Waals surface area contributed by atoms with Crippen LogP contribution in [0.2, 0.25) is 0 Å². The molecule has 3 heteroatoms. The van der Waals surface area contributed by atoms with Crippen LogP contribution < -0.4 is 5.32 Å². The van der Waals surface area contributed by atoms with Crippen LogP contribution >= 0.6 is 11.3 Å². The zero-order valence-corrected chi connectivity index (χ0v) is 13.3. The van der Waals surface area contributed by atoms with Gasteiger partial charge in [-0.25, -0.2) is 0 Å². The predicted molar refractivity (Wildman–Crippen MR) is 88.9 cm³/mol. The number of hydrogen-bond acceptors (Lipinski definition) is 3. The molecule has 0 radical (unpaired) electrons. The fourth-order valence-electron chi connectivity index (χ4n) is 3.80. The normalized spacial score (nSPS) is 25.4. The Morgan fingerprint density at radius 2 is 2.10 bits per heavy atom. The van der Waals surface area contributed by atoms with E-state index in [-0.39, 0.29) is 0 Å². The maximum absolute atomic E-state index is 3.72. The lowest BCUT2D eigenvalue weighted by Gasteiger charge is -2.38. The maximum atomic E-state index is 3.72. The molecule has 3 heterocycles. The first-order chi connectivity index (χ1) is 10.3. The highest BCUT2D eigenvalue weighted by Gasteiger charge is 2.28. The zero-order chi connectivity index (χ0) is 14.2. The molecule has 2 nitrogen and oxygen atoms in total. The van der Waals surface area contributed by atoms with Crippen molar-refractivity contribution in [2.24, 2.45) is 0 Å². The summed E-state index contributed by atoms with van der Waals surface area (Å²) in [5.41, 5.74) is 4.59. The molecule has 0 saturated carbocycles. The van der Waals surface area contributed by atoms with Crippen LogP contribution in [0.25, 0.3) is 0 Å². The smallest absolute Gasteiger partial charge is 0.0452 e. The average Bonchev–Trinajstić information content (AvgIpc) is 3.00. The zero-order valence-electron chi connectivity index (χ0n) is 12.5. The summed E-state index contributed by atoms with van der Waals surface area (Å²) in [5.74, 6) is 0. The second-order valence-electron chi connectivity index (χ2n) is 6.18. The van der Waals surface area contributed by atoms with E-state index in [2.05, 4.69) is 52.9 Å². The number of benzene rings is 1. The molecule has 0 amide bonds. The van der Waals surface area contributed by atoms with Crippen molar-refractivity contribution in [3.63, 3.8) is 0 Å². The van der Waals surface area contributed by atoms with Crippen molar-refractivity contribution in [2.45, 2.75) is 31.8 Å². The largest absolute Gasteiger partial charge is 0.309 e. The summed E-state index contributed by atoms with van der Waals surface area (Å²) < 4.78 is 0. The Morgan fingerprint density at radius 3 is 3.05 bits per heavy atom. The van der Waals surface area contributed by atoms with E-state index in [1.54, 1.807) is 10.4 Å². The van der Waals surface area contributed by atoms with Crippen LogP contribution in [-0.2, 0) is 12.8 Å². The standard InChI is InChI=1S/C18H22N2S/c1-13-15-8-11-21-18(15)7-10-20(13)12-17-16-5-3-2-4-14(16)6-9-19-17/h2-5,8,11,13,17,19H,6-7,9-10,12H2,1H3. The van der Waals surface area contributed by atoms with Crippen molar-refractivity contribution in [1.82, 2.24) is 10.2 Å². The highest BCUT2D eigenvalue weighted by atomic mass is 32.1. The Hall–Kier alpha value is -1.16. The van der Waals surface area contributed by atoms with Crippen molar-refractivity contribution < 1.29 is 0 Å². The SMILES string of the molecule is CC1c2ccsc2CCN1CC1NCCc2ccccc21. The third-order valence-corrected chi connectivity index (χ3v) is 6.03. The molecule has 21 heavy (non-hydrogen) atoms. The lowest BCUT2D eigenvalue weighted by Crippen LogP contribution is -2.42. The molecule has 1 N–H and O–H groups in total. The molecule has 1 aromatic heterocycles. The van der Waals surface area contributed by atoms with E-state index in [0.29, 0.717) is 12.1 Å². The third kappa shape index (κ3) is 2.44. The van der Waals surface area contributed by atoms with Gasteiger partial charge < -0.3 is 5.32 Å². The summed E-state index contributed by atoms with van der Waals surface area (Å²) in [6.45, 7) is 5.77. The molecule has 0 spiro atoms.